The fourth-order valence-electron chi connectivity index (χ4n) is 2.24. The van der Waals surface area contributed by atoms with Crippen LogP contribution in [-0.2, 0) is 14.3 Å². The summed E-state index contributed by atoms with van der Waals surface area (Å²) in [6.45, 7) is 0.625. The summed E-state index contributed by atoms with van der Waals surface area (Å²) in [5, 5.41) is 12.0. The van der Waals surface area contributed by atoms with Crippen LogP contribution < -0.4 is 11.1 Å². The Morgan fingerprint density at radius 2 is 1.85 bits per heavy atom. The van der Waals surface area contributed by atoms with Crippen molar-refractivity contribution in [2.45, 2.75) is 24.4 Å². The van der Waals surface area contributed by atoms with Crippen molar-refractivity contribution in [3.05, 3.63) is 35.9 Å². The first-order valence-electron chi connectivity index (χ1n) is 6.49. The predicted octanol–water partition coefficient (Wildman–Crippen LogP) is 0.436. The molecule has 1 heterocycles. The van der Waals surface area contributed by atoms with Gasteiger partial charge >= 0.3 is 5.97 Å². The molecule has 0 aliphatic carbocycles. The molecule has 1 aliphatic rings. The number of aliphatic carboxylic acids is 1. The lowest BCUT2D eigenvalue weighted by atomic mass is 9.89. The Bertz CT molecular complexity index is 483. The minimum Gasteiger partial charge on any atom is -0.480 e. The summed E-state index contributed by atoms with van der Waals surface area (Å²) in [6, 6.07) is 7.98. The Morgan fingerprint density at radius 1 is 1.25 bits per heavy atom. The number of carbonyl (C=O) groups is 2. The van der Waals surface area contributed by atoms with Crippen LogP contribution in [0.4, 0.5) is 0 Å². The number of ether oxygens (including phenoxy) is 1. The van der Waals surface area contributed by atoms with Gasteiger partial charge in [0.1, 0.15) is 11.6 Å². The van der Waals surface area contributed by atoms with Gasteiger partial charge in [-0.2, -0.15) is 0 Å². The van der Waals surface area contributed by atoms with E-state index in [9.17, 15) is 14.7 Å². The van der Waals surface area contributed by atoms with Crippen LogP contribution in [0, 0.1) is 0 Å². The third kappa shape index (κ3) is 2.97. The molecule has 0 unspecified atom stereocenters. The van der Waals surface area contributed by atoms with E-state index in [1.807, 2.05) is 6.07 Å². The minimum absolute atomic E-state index is 0.246. The topological polar surface area (TPSA) is 102 Å². The van der Waals surface area contributed by atoms with Crippen LogP contribution in [-0.4, -0.2) is 35.7 Å². The van der Waals surface area contributed by atoms with E-state index in [1.165, 1.54) is 0 Å². The number of nitrogens with two attached hydrogens (primary N) is 1. The summed E-state index contributed by atoms with van der Waals surface area (Å²) in [5.41, 5.74) is 5.25. The van der Waals surface area contributed by atoms with Crippen molar-refractivity contribution in [1.82, 2.24) is 5.32 Å². The highest BCUT2D eigenvalue weighted by Gasteiger charge is 2.42. The van der Waals surface area contributed by atoms with Crippen molar-refractivity contribution in [1.29, 1.82) is 0 Å². The van der Waals surface area contributed by atoms with Gasteiger partial charge in [-0.05, 0) is 5.56 Å². The van der Waals surface area contributed by atoms with Gasteiger partial charge in [-0.1, -0.05) is 30.3 Å². The first kappa shape index (κ1) is 14.5. The van der Waals surface area contributed by atoms with Crippen molar-refractivity contribution >= 4 is 11.9 Å². The Labute approximate surface area is 116 Å². The fraction of sp³-hybridized carbons (Fsp3) is 0.429. The second kappa shape index (κ2) is 6.02. The molecule has 6 nitrogen and oxygen atoms in total. The Kier molecular flexibility index (Phi) is 4.36. The highest BCUT2D eigenvalue weighted by atomic mass is 16.5. The van der Waals surface area contributed by atoms with Crippen LogP contribution in [0.5, 0.6) is 0 Å². The molecule has 0 aromatic heterocycles. The molecule has 1 aliphatic heterocycles. The van der Waals surface area contributed by atoms with Gasteiger partial charge in [0.2, 0.25) is 5.91 Å². The van der Waals surface area contributed by atoms with Crippen molar-refractivity contribution in [3.8, 4) is 0 Å². The molecule has 1 atom stereocenters. The van der Waals surface area contributed by atoms with Gasteiger partial charge in [0, 0.05) is 26.1 Å². The van der Waals surface area contributed by atoms with E-state index in [0.29, 0.717) is 18.8 Å². The first-order chi connectivity index (χ1) is 9.55. The summed E-state index contributed by atoms with van der Waals surface area (Å²) < 4.78 is 5.16. The monoisotopic (exact) mass is 278 g/mol. The number of benzene rings is 1. The maximum atomic E-state index is 12.2. The maximum absolute atomic E-state index is 12.2. The summed E-state index contributed by atoms with van der Waals surface area (Å²) in [5.74, 6) is -1.53. The molecule has 108 valence electrons. The van der Waals surface area contributed by atoms with Gasteiger partial charge in [0.25, 0.3) is 0 Å². The molecular formula is C14H18N2O4. The van der Waals surface area contributed by atoms with Gasteiger partial charge < -0.3 is 20.9 Å². The molecule has 1 aromatic carbocycles. The number of nitrogens with one attached hydrogen (secondary N) is 1. The molecule has 0 saturated carbocycles. The van der Waals surface area contributed by atoms with Crippen LogP contribution in [0.15, 0.2) is 30.3 Å². The fourth-order valence-corrected chi connectivity index (χ4v) is 2.24. The zero-order valence-electron chi connectivity index (χ0n) is 11.0. The second-order valence-corrected chi connectivity index (χ2v) is 4.88. The Hall–Kier alpha value is -1.92. The van der Waals surface area contributed by atoms with Gasteiger partial charge in [-0.3, -0.25) is 4.79 Å². The predicted molar refractivity (Wildman–Crippen MR) is 71.9 cm³/mol. The average molecular weight is 278 g/mol. The molecule has 6 heteroatoms. The number of rotatable bonds is 4. The first-order valence-corrected chi connectivity index (χ1v) is 6.49. The molecule has 2 rings (SSSR count). The molecule has 1 amide bonds. The summed E-state index contributed by atoms with van der Waals surface area (Å²) in [7, 11) is 0. The molecule has 1 saturated heterocycles. The van der Waals surface area contributed by atoms with Gasteiger partial charge in [0.05, 0.1) is 0 Å². The molecule has 0 bridgehead atoms. The number of amides is 1. The van der Waals surface area contributed by atoms with E-state index in [0.717, 1.165) is 0 Å². The number of hydrogen-bond donors (Lipinski definition) is 3. The molecule has 1 fully saturated rings. The summed E-state index contributed by atoms with van der Waals surface area (Å²) in [4.78, 5) is 23.6. The third-order valence-corrected chi connectivity index (χ3v) is 3.56. The average Bonchev–Trinajstić information content (AvgIpc) is 2.48. The molecular weight excluding hydrogens is 260 g/mol. The van der Waals surface area contributed by atoms with Gasteiger partial charge in [0.15, 0.2) is 0 Å². The zero-order valence-corrected chi connectivity index (χ0v) is 11.0. The highest BCUT2D eigenvalue weighted by molar-refractivity contribution is 5.90. The van der Waals surface area contributed by atoms with E-state index >= 15 is 0 Å². The van der Waals surface area contributed by atoms with Crippen LogP contribution >= 0.6 is 0 Å². The van der Waals surface area contributed by atoms with Crippen molar-refractivity contribution in [2.75, 3.05) is 13.2 Å². The minimum atomic E-state index is -1.28. The van der Waals surface area contributed by atoms with E-state index in [2.05, 4.69) is 5.32 Å². The lowest BCUT2D eigenvalue weighted by Gasteiger charge is -2.34. The maximum Gasteiger partial charge on any atom is 0.329 e. The molecule has 0 spiro atoms. The van der Waals surface area contributed by atoms with Crippen LogP contribution in [0.3, 0.4) is 0 Å². The lowest BCUT2D eigenvalue weighted by Crippen LogP contribution is -2.59. The molecule has 1 aromatic rings. The SMILES string of the molecule is N[C@@H](C(=O)NC1(C(=O)O)CCOCC1)c1ccccc1. The Morgan fingerprint density at radius 3 is 2.40 bits per heavy atom. The number of carbonyl (C=O) groups excluding carboxylic acids is 1. The number of carboxylic acids is 1. The van der Waals surface area contributed by atoms with Crippen molar-refractivity contribution in [3.63, 3.8) is 0 Å². The van der Waals surface area contributed by atoms with Gasteiger partial charge in [-0.15, -0.1) is 0 Å². The number of hydrogen-bond acceptors (Lipinski definition) is 4. The van der Waals surface area contributed by atoms with Crippen LogP contribution in [0.25, 0.3) is 0 Å². The third-order valence-electron chi connectivity index (χ3n) is 3.56. The second-order valence-electron chi connectivity index (χ2n) is 4.88. The van der Waals surface area contributed by atoms with E-state index < -0.39 is 23.5 Å². The molecule has 20 heavy (non-hydrogen) atoms. The molecule has 0 radical (unpaired) electrons. The van der Waals surface area contributed by atoms with E-state index in [4.69, 9.17) is 10.5 Å². The van der Waals surface area contributed by atoms with Crippen LogP contribution in [0.1, 0.15) is 24.4 Å². The Balaban J connectivity index is 2.11. The normalized spacial score (nSPS) is 19.1. The molecule has 4 N–H and O–H groups in total. The standard InChI is InChI=1S/C14H18N2O4/c15-11(10-4-2-1-3-5-10)12(17)16-14(13(18)19)6-8-20-9-7-14/h1-5,11H,6-9,15H2,(H,16,17)(H,18,19)/t11-/m1/s1. The van der Waals surface area contributed by atoms with Crippen molar-refractivity contribution < 1.29 is 19.4 Å². The zero-order chi connectivity index (χ0) is 14.6. The number of carboxylic acid groups (broad SMARTS) is 1. The summed E-state index contributed by atoms with van der Waals surface area (Å²) in [6.07, 6.45) is 0.491. The quantitative estimate of drug-likeness (QED) is 0.741. The van der Waals surface area contributed by atoms with Gasteiger partial charge in [-0.25, -0.2) is 4.79 Å². The largest absolute Gasteiger partial charge is 0.480 e. The van der Waals surface area contributed by atoms with E-state index in [1.54, 1.807) is 24.3 Å². The smallest absolute Gasteiger partial charge is 0.329 e. The van der Waals surface area contributed by atoms with Crippen LogP contribution in [0.2, 0.25) is 0 Å². The van der Waals surface area contributed by atoms with Crippen molar-refractivity contribution in [2.24, 2.45) is 5.73 Å². The lowest BCUT2D eigenvalue weighted by molar-refractivity contribution is -0.152. The van der Waals surface area contributed by atoms with E-state index in [-0.39, 0.29) is 12.8 Å². The highest BCUT2D eigenvalue weighted by Crippen LogP contribution is 2.22. The summed E-state index contributed by atoms with van der Waals surface area (Å²) >= 11 is 0.